The number of aromatic carboxylic acids is 1. The molecule has 0 amide bonds. The van der Waals surface area contributed by atoms with Crippen LogP contribution in [0.4, 0.5) is 5.82 Å². The van der Waals surface area contributed by atoms with Gasteiger partial charge in [-0.3, -0.25) is 0 Å². The molecule has 1 heterocycles. The Labute approximate surface area is 122 Å². The van der Waals surface area contributed by atoms with Crippen LogP contribution >= 0.6 is 0 Å². The molecule has 0 spiro atoms. The number of hydrogen-bond donors (Lipinski definition) is 2. The second-order valence-corrected chi connectivity index (χ2v) is 4.48. The minimum Gasteiger partial charge on any atom is -0.477 e. The van der Waals surface area contributed by atoms with Crippen LogP contribution in [0, 0.1) is 6.92 Å². The van der Waals surface area contributed by atoms with E-state index in [0.29, 0.717) is 18.1 Å². The van der Waals surface area contributed by atoms with Crippen molar-refractivity contribution in [2.45, 2.75) is 20.0 Å². The van der Waals surface area contributed by atoms with Crippen LogP contribution < -0.4 is 5.73 Å². The Morgan fingerprint density at radius 2 is 2.00 bits per heavy atom. The van der Waals surface area contributed by atoms with Gasteiger partial charge >= 0.3 is 5.97 Å². The maximum absolute atomic E-state index is 11.1. The number of rotatable bonds is 5. The van der Waals surface area contributed by atoms with Crippen molar-refractivity contribution in [3.05, 3.63) is 53.0 Å². The molecule has 1 aromatic heterocycles. The number of hydrogen-bond acceptors (Lipinski definition) is 5. The molecule has 0 aliphatic carbocycles. The lowest BCUT2D eigenvalue weighted by atomic mass is 10.1. The third-order valence-electron chi connectivity index (χ3n) is 3.02. The van der Waals surface area contributed by atoms with Crippen LogP contribution in [0.3, 0.4) is 0 Å². The van der Waals surface area contributed by atoms with Gasteiger partial charge in [-0.25, -0.2) is 14.8 Å². The van der Waals surface area contributed by atoms with E-state index in [2.05, 4.69) is 9.97 Å². The normalized spacial score (nSPS) is 12.1. The summed E-state index contributed by atoms with van der Waals surface area (Å²) in [5.74, 6) is -0.821. The van der Waals surface area contributed by atoms with E-state index in [9.17, 15) is 4.79 Å². The van der Waals surface area contributed by atoms with E-state index in [1.54, 1.807) is 6.92 Å². The Bertz CT molecular complexity index is 621. The molecule has 0 saturated heterocycles. The van der Waals surface area contributed by atoms with Crippen LogP contribution in [0.5, 0.6) is 0 Å². The molecule has 0 aliphatic heterocycles. The van der Waals surface area contributed by atoms with Gasteiger partial charge in [0.25, 0.3) is 0 Å². The number of nitrogen functional groups attached to an aromatic ring is 1. The summed E-state index contributed by atoms with van der Waals surface area (Å²) in [5.41, 5.74) is 6.89. The highest BCUT2D eigenvalue weighted by Crippen LogP contribution is 2.25. The lowest BCUT2D eigenvalue weighted by molar-refractivity contribution is 0.0693. The Balaban J connectivity index is 2.49. The molecule has 1 atom stereocenters. The van der Waals surface area contributed by atoms with Gasteiger partial charge in [0.2, 0.25) is 0 Å². The zero-order valence-electron chi connectivity index (χ0n) is 11.9. The zero-order chi connectivity index (χ0) is 15.4. The number of carbonyl (C=O) groups is 1. The van der Waals surface area contributed by atoms with Crippen molar-refractivity contribution in [2.75, 3.05) is 12.3 Å². The first-order valence-electron chi connectivity index (χ1n) is 6.58. The van der Waals surface area contributed by atoms with Gasteiger partial charge in [0.1, 0.15) is 17.5 Å². The molecule has 0 bridgehead atoms. The smallest absolute Gasteiger partial charge is 0.341 e. The summed E-state index contributed by atoms with van der Waals surface area (Å²) in [6.45, 7) is 3.94. The Morgan fingerprint density at radius 1 is 1.33 bits per heavy atom. The highest BCUT2D eigenvalue weighted by molar-refractivity contribution is 5.93. The molecule has 6 nitrogen and oxygen atoms in total. The number of carboxylic acids is 1. The van der Waals surface area contributed by atoms with Gasteiger partial charge < -0.3 is 15.6 Å². The Kier molecular flexibility index (Phi) is 4.49. The summed E-state index contributed by atoms with van der Waals surface area (Å²) in [5, 5.41) is 9.11. The molecule has 0 saturated carbocycles. The van der Waals surface area contributed by atoms with Crippen LogP contribution in [0.1, 0.15) is 40.5 Å². The first-order valence-corrected chi connectivity index (χ1v) is 6.58. The minimum atomic E-state index is -1.13. The molecule has 0 fully saturated rings. The maximum Gasteiger partial charge on any atom is 0.341 e. The van der Waals surface area contributed by atoms with E-state index < -0.39 is 12.1 Å². The molecule has 1 aromatic carbocycles. The van der Waals surface area contributed by atoms with E-state index in [1.165, 1.54) is 0 Å². The summed E-state index contributed by atoms with van der Waals surface area (Å²) >= 11 is 0. The summed E-state index contributed by atoms with van der Waals surface area (Å²) in [6.07, 6.45) is -0.472. The van der Waals surface area contributed by atoms with Crippen LogP contribution in [0.25, 0.3) is 0 Å². The standard InChI is InChI=1S/C15H17N3O3/c1-3-21-12(10-7-5-4-6-8-10)14-17-9(2)11(15(19)20)13(16)18-14/h4-8,12H,3H2,1-2H3,(H,19,20)(H2,16,17,18). The third kappa shape index (κ3) is 3.17. The SMILES string of the molecule is CCOC(c1ccccc1)c1nc(C)c(C(=O)O)c(N)n1. The lowest BCUT2D eigenvalue weighted by Gasteiger charge is -2.17. The predicted octanol–water partition coefficient (Wildman–Crippen LogP) is 2.19. The van der Waals surface area contributed by atoms with Crippen LogP contribution in [0.15, 0.2) is 30.3 Å². The second-order valence-electron chi connectivity index (χ2n) is 4.48. The molecule has 2 rings (SSSR count). The first-order chi connectivity index (χ1) is 10.0. The lowest BCUT2D eigenvalue weighted by Crippen LogP contribution is -2.16. The van der Waals surface area contributed by atoms with E-state index in [0.717, 1.165) is 5.56 Å². The minimum absolute atomic E-state index is 0.0503. The average molecular weight is 287 g/mol. The monoisotopic (exact) mass is 287 g/mol. The highest BCUT2D eigenvalue weighted by Gasteiger charge is 2.22. The van der Waals surface area contributed by atoms with Crippen LogP contribution in [-0.2, 0) is 4.74 Å². The van der Waals surface area contributed by atoms with Crippen LogP contribution in [-0.4, -0.2) is 27.7 Å². The second kappa shape index (κ2) is 6.32. The predicted molar refractivity (Wildman–Crippen MR) is 78.1 cm³/mol. The summed E-state index contributed by atoms with van der Waals surface area (Å²) in [6, 6.07) is 9.49. The van der Waals surface area contributed by atoms with Crippen molar-refractivity contribution in [3.63, 3.8) is 0 Å². The molecular formula is C15H17N3O3. The van der Waals surface area contributed by atoms with Gasteiger partial charge in [-0.2, -0.15) is 0 Å². The fourth-order valence-corrected chi connectivity index (χ4v) is 2.11. The molecule has 0 aliphatic rings. The number of nitrogens with two attached hydrogens (primary N) is 1. The maximum atomic E-state index is 11.1. The van der Waals surface area contributed by atoms with E-state index in [-0.39, 0.29) is 11.4 Å². The van der Waals surface area contributed by atoms with Gasteiger partial charge in [0.15, 0.2) is 5.82 Å². The molecule has 3 N–H and O–H groups in total. The quantitative estimate of drug-likeness (QED) is 0.874. The van der Waals surface area contributed by atoms with E-state index in [4.69, 9.17) is 15.6 Å². The number of nitrogens with zero attached hydrogens (tertiary/aromatic N) is 2. The summed E-state index contributed by atoms with van der Waals surface area (Å²) < 4.78 is 5.70. The van der Waals surface area contributed by atoms with Crippen molar-refractivity contribution in [1.82, 2.24) is 9.97 Å². The Hall–Kier alpha value is -2.47. The zero-order valence-corrected chi connectivity index (χ0v) is 11.9. The summed E-state index contributed by atoms with van der Waals surface area (Å²) in [7, 11) is 0. The fourth-order valence-electron chi connectivity index (χ4n) is 2.11. The fraction of sp³-hybridized carbons (Fsp3) is 0.267. The Morgan fingerprint density at radius 3 is 2.52 bits per heavy atom. The average Bonchev–Trinajstić information content (AvgIpc) is 2.44. The third-order valence-corrected chi connectivity index (χ3v) is 3.02. The molecule has 2 aromatic rings. The first kappa shape index (κ1) is 14.9. The van der Waals surface area contributed by atoms with Gasteiger partial charge in [-0.1, -0.05) is 30.3 Å². The molecule has 1 unspecified atom stereocenters. The van der Waals surface area contributed by atoms with Crippen molar-refractivity contribution in [2.24, 2.45) is 0 Å². The largest absolute Gasteiger partial charge is 0.477 e. The van der Waals surface area contributed by atoms with Crippen molar-refractivity contribution in [3.8, 4) is 0 Å². The topological polar surface area (TPSA) is 98.3 Å². The number of anilines is 1. The van der Waals surface area contributed by atoms with Gasteiger partial charge in [0.05, 0.1) is 5.69 Å². The van der Waals surface area contributed by atoms with Gasteiger partial charge in [-0.15, -0.1) is 0 Å². The molecule has 6 heteroatoms. The number of ether oxygens (including phenoxy) is 1. The molecule has 21 heavy (non-hydrogen) atoms. The highest BCUT2D eigenvalue weighted by atomic mass is 16.5. The van der Waals surface area contributed by atoms with Crippen molar-refractivity contribution < 1.29 is 14.6 Å². The summed E-state index contributed by atoms with van der Waals surface area (Å²) in [4.78, 5) is 19.5. The molecular weight excluding hydrogens is 270 g/mol. The van der Waals surface area contributed by atoms with E-state index in [1.807, 2.05) is 37.3 Å². The number of carboxylic acid groups (broad SMARTS) is 1. The van der Waals surface area contributed by atoms with Gasteiger partial charge in [0, 0.05) is 6.61 Å². The van der Waals surface area contributed by atoms with E-state index >= 15 is 0 Å². The van der Waals surface area contributed by atoms with Crippen molar-refractivity contribution >= 4 is 11.8 Å². The van der Waals surface area contributed by atoms with Crippen LogP contribution in [0.2, 0.25) is 0 Å². The number of benzene rings is 1. The molecule has 0 radical (unpaired) electrons. The van der Waals surface area contributed by atoms with Crippen molar-refractivity contribution in [1.29, 1.82) is 0 Å². The number of aryl methyl sites for hydroxylation is 1. The number of aromatic nitrogens is 2. The molecule has 110 valence electrons. The van der Waals surface area contributed by atoms with Gasteiger partial charge in [-0.05, 0) is 19.4 Å².